The Morgan fingerprint density at radius 1 is 1.50 bits per heavy atom. The van der Waals surface area contributed by atoms with Gasteiger partial charge in [-0.1, -0.05) is 6.42 Å². The van der Waals surface area contributed by atoms with Crippen LogP contribution in [0.1, 0.15) is 29.7 Å². The largest absolute Gasteiger partial charge is 0.252 e. The minimum Gasteiger partial charge on any atom is -0.206 e. The van der Waals surface area contributed by atoms with Crippen molar-refractivity contribution in [3.63, 3.8) is 0 Å². The molecule has 1 aromatic heterocycles. The van der Waals surface area contributed by atoms with Crippen LogP contribution in [0.2, 0.25) is 0 Å². The van der Waals surface area contributed by atoms with E-state index in [-0.39, 0.29) is 0 Å². The highest BCUT2D eigenvalue weighted by Crippen LogP contribution is 2.32. The third-order valence-corrected chi connectivity index (χ3v) is 7.46. The first-order chi connectivity index (χ1) is 8.45. The van der Waals surface area contributed by atoms with E-state index < -0.39 is 10.0 Å². The fourth-order valence-corrected chi connectivity index (χ4v) is 5.31. The summed E-state index contributed by atoms with van der Waals surface area (Å²) < 4.78 is 26.7. The van der Waals surface area contributed by atoms with E-state index in [1.54, 1.807) is 13.1 Å². The standard InChI is InChI=1S/C12H18ClNO2S2/c1-9-6-12(17-11(9)7-13)18(15,16)14(2)8-10-4-3-5-10/h6,10H,3-5,7-8H2,1-2H3. The van der Waals surface area contributed by atoms with Crippen LogP contribution >= 0.6 is 22.9 Å². The summed E-state index contributed by atoms with van der Waals surface area (Å²) in [6.45, 7) is 2.54. The Labute approximate surface area is 118 Å². The van der Waals surface area contributed by atoms with Gasteiger partial charge in [-0.2, -0.15) is 4.31 Å². The molecule has 6 heteroatoms. The van der Waals surface area contributed by atoms with Gasteiger partial charge >= 0.3 is 0 Å². The van der Waals surface area contributed by atoms with E-state index in [1.165, 1.54) is 22.1 Å². The van der Waals surface area contributed by atoms with Crippen molar-refractivity contribution in [2.24, 2.45) is 5.92 Å². The second-order valence-electron chi connectivity index (χ2n) is 4.89. The molecular weight excluding hydrogens is 290 g/mol. The van der Waals surface area contributed by atoms with Crippen LogP contribution in [0.15, 0.2) is 10.3 Å². The van der Waals surface area contributed by atoms with Crippen molar-refractivity contribution in [1.82, 2.24) is 4.31 Å². The van der Waals surface area contributed by atoms with Gasteiger partial charge in [-0.15, -0.1) is 22.9 Å². The zero-order valence-electron chi connectivity index (χ0n) is 10.6. The van der Waals surface area contributed by atoms with Gasteiger partial charge in [0.15, 0.2) is 0 Å². The zero-order valence-corrected chi connectivity index (χ0v) is 13.0. The van der Waals surface area contributed by atoms with Crippen molar-refractivity contribution in [3.8, 4) is 0 Å². The highest BCUT2D eigenvalue weighted by atomic mass is 35.5. The number of rotatable bonds is 5. The normalized spacial score (nSPS) is 17.1. The van der Waals surface area contributed by atoms with E-state index in [0.29, 0.717) is 22.6 Å². The monoisotopic (exact) mass is 307 g/mol. The van der Waals surface area contributed by atoms with Gasteiger partial charge in [0.25, 0.3) is 10.0 Å². The summed E-state index contributed by atoms with van der Waals surface area (Å²) in [4.78, 5) is 0.937. The Morgan fingerprint density at radius 2 is 2.17 bits per heavy atom. The third-order valence-electron chi connectivity index (χ3n) is 3.52. The summed E-state index contributed by atoms with van der Waals surface area (Å²) >= 11 is 7.08. The molecule has 18 heavy (non-hydrogen) atoms. The number of hydrogen-bond acceptors (Lipinski definition) is 3. The summed E-state index contributed by atoms with van der Waals surface area (Å²) in [5.74, 6) is 0.913. The van der Waals surface area contributed by atoms with Crippen molar-refractivity contribution in [1.29, 1.82) is 0 Å². The second kappa shape index (κ2) is 5.49. The molecule has 1 aromatic rings. The molecule has 1 saturated carbocycles. The van der Waals surface area contributed by atoms with E-state index in [2.05, 4.69) is 0 Å². The van der Waals surface area contributed by atoms with Gasteiger partial charge in [0.2, 0.25) is 0 Å². The van der Waals surface area contributed by atoms with Crippen molar-refractivity contribution >= 4 is 33.0 Å². The first kappa shape index (κ1) is 14.3. The minimum atomic E-state index is -3.33. The van der Waals surface area contributed by atoms with Crippen molar-refractivity contribution in [2.75, 3.05) is 13.6 Å². The van der Waals surface area contributed by atoms with Gasteiger partial charge in [-0.3, -0.25) is 0 Å². The van der Waals surface area contributed by atoms with E-state index in [1.807, 2.05) is 6.92 Å². The van der Waals surface area contributed by atoms with E-state index in [0.717, 1.165) is 23.3 Å². The number of sulfonamides is 1. The molecule has 0 spiro atoms. The molecule has 0 saturated heterocycles. The zero-order chi connectivity index (χ0) is 13.3. The fraction of sp³-hybridized carbons (Fsp3) is 0.667. The molecule has 0 N–H and O–H groups in total. The van der Waals surface area contributed by atoms with Crippen LogP contribution in [0.3, 0.4) is 0 Å². The van der Waals surface area contributed by atoms with E-state index in [9.17, 15) is 8.42 Å². The number of aryl methyl sites for hydroxylation is 1. The maximum Gasteiger partial charge on any atom is 0.252 e. The Bertz CT molecular complexity index is 520. The molecule has 1 aliphatic rings. The van der Waals surface area contributed by atoms with Crippen LogP contribution in [0.25, 0.3) is 0 Å². The Kier molecular flexibility index (Phi) is 4.36. The first-order valence-electron chi connectivity index (χ1n) is 6.06. The van der Waals surface area contributed by atoms with Gasteiger partial charge < -0.3 is 0 Å². The molecule has 2 rings (SSSR count). The number of alkyl halides is 1. The molecule has 0 atom stereocenters. The van der Waals surface area contributed by atoms with Crippen LogP contribution in [-0.2, 0) is 15.9 Å². The molecule has 1 aliphatic carbocycles. The lowest BCUT2D eigenvalue weighted by atomic mass is 9.86. The summed E-state index contributed by atoms with van der Waals surface area (Å²) in [5, 5.41) is 0. The lowest BCUT2D eigenvalue weighted by Gasteiger charge is -2.29. The molecular formula is C12H18ClNO2S2. The predicted molar refractivity (Wildman–Crippen MR) is 75.8 cm³/mol. The molecule has 1 fully saturated rings. The van der Waals surface area contributed by atoms with Crippen molar-refractivity contribution in [2.45, 2.75) is 36.3 Å². The second-order valence-corrected chi connectivity index (χ2v) is 8.56. The van der Waals surface area contributed by atoms with Gasteiger partial charge in [0, 0.05) is 18.5 Å². The Morgan fingerprint density at radius 3 is 2.61 bits per heavy atom. The lowest BCUT2D eigenvalue weighted by Crippen LogP contribution is -2.33. The van der Waals surface area contributed by atoms with Crippen molar-refractivity contribution < 1.29 is 8.42 Å². The maximum absolute atomic E-state index is 12.4. The van der Waals surface area contributed by atoms with Crippen LogP contribution in [0, 0.1) is 12.8 Å². The Hall–Kier alpha value is -0.100. The lowest BCUT2D eigenvalue weighted by molar-refractivity contribution is 0.263. The SMILES string of the molecule is Cc1cc(S(=O)(=O)N(C)CC2CCC2)sc1CCl. The van der Waals surface area contributed by atoms with Gasteiger partial charge in [-0.05, 0) is 37.3 Å². The highest BCUT2D eigenvalue weighted by molar-refractivity contribution is 7.91. The van der Waals surface area contributed by atoms with Gasteiger partial charge in [0.1, 0.15) is 4.21 Å². The molecule has 1 heterocycles. The molecule has 0 aliphatic heterocycles. The van der Waals surface area contributed by atoms with E-state index >= 15 is 0 Å². The van der Waals surface area contributed by atoms with Crippen LogP contribution in [-0.4, -0.2) is 26.3 Å². The van der Waals surface area contributed by atoms with Crippen molar-refractivity contribution in [3.05, 3.63) is 16.5 Å². The predicted octanol–water partition coefficient (Wildman–Crippen LogP) is 3.22. The van der Waals surface area contributed by atoms with Gasteiger partial charge in [-0.25, -0.2) is 8.42 Å². The van der Waals surface area contributed by atoms with Gasteiger partial charge in [0.05, 0.1) is 5.88 Å². The minimum absolute atomic E-state index is 0.373. The first-order valence-corrected chi connectivity index (χ1v) is 8.86. The van der Waals surface area contributed by atoms with E-state index in [4.69, 9.17) is 11.6 Å². The smallest absolute Gasteiger partial charge is 0.206 e. The van der Waals surface area contributed by atoms with Crippen LogP contribution < -0.4 is 0 Å². The number of halogens is 1. The molecule has 0 radical (unpaired) electrons. The van der Waals surface area contributed by atoms with Crippen LogP contribution in [0.4, 0.5) is 0 Å². The molecule has 0 bridgehead atoms. The fourth-order valence-electron chi connectivity index (χ4n) is 2.04. The molecule has 0 amide bonds. The molecule has 102 valence electrons. The summed E-state index contributed by atoms with van der Waals surface area (Å²) in [7, 11) is -1.66. The summed E-state index contributed by atoms with van der Waals surface area (Å²) in [6, 6.07) is 1.73. The molecule has 3 nitrogen and oxygen atoms in total. The molecule has 0 aromatic carbocycles. The number of nitrogens with zero attached hydrogens (tertiary/aromatic N) is 1. The highest BCUT2D eigenvalue weighted by Gasteiger charge is 2.28. The maximum atomic E-state index is 12.4. The number of hydrogen-bond donors (Lipinski definition) is 0. The quantitative estimate of drug-likeness (QED) is 0.783. The average Bonchev–Trinajstić information content (AvgIpc) is 2.65. The third kappa shape index (κ3) is 2.74. The topological polar surface area (TPSA) is 37.4 Å². The number of thiophene rings is 1. The van der Waals surface area contributed by atoms with Crippen LogP contribution in [0.5, 0.6) is 0 Å². The molecule has 0 unspecified atom stereocenters. The average molecular weight is 308 g/mol. The summed E-state index contributed by atoms with van der Waals surface area (Å²) in [6.07, 6.45) is 3.53. The Balaban J connectivity index is 2.17. The summed E-state index contributed by atoms with van der Waals surface area (Å²) in [5.41, 5.74) is 0.964.